The van der Waals surface area contributed by atoms with Gasteiger partial charge in [0, 0.05) is 16.5 Å². The molecule has 0 aliphatic rings. The fourth-order valence-corrected chi connectivity index (χ4v) is 4.25. The number of unbranched alkanes of at least 4 members (excludes halogenated alkanes) is 5. The fourth-order valence-electron chi connectivity index (χ4n) is 4.25. The zero-order valence-electron chi connectivity index (χ0n) is 23.4. The molecule has 0 radical (unpaired) electrons. The molecule has 0 bridgehead atoms. The van der Waals surface area contributed by atoms with Gasteiger partial charge in [-0.1, -0.05) is 90.2 Å². The summed E-state index contributed by atoms with van der Waals surface area (Å²) in [5.41, 5.74) is 8.42. The van der Waals surface area contributed by atoms with E-state index < -0.39 is 0 Å². The maximum absolute atomic E-state index is 5.10. The number of benzene rings is 2. The van der Waals surface area contributed by atoms with Crippen LogP contribution in [0.4, 0.5) is 11.4 Å². The molecule has 0 aliphatic carbocycles. The van der Waals surface area contributed by atoms with E-state index in [1.54, 1.807) is 0 Å². The van der Waals surface area contributed by atoms with Crippen molar-refractivity contribution in [3.05, 3.63) is 65.2 Å². The van der Waals surface area contributed by atoms with Gasteiger partial charge in [-0.2, -0.15) is 0 Å². The second-order valence-corrected chi connectivity index (χ2v) is 9.66. The molecule has 0 unspecified atom stereocenters. The van der Waals surface area contributed by atoms with Gasteiger partial charge in [-0.3, -0.25) is 9.98 Å². The Morgan fingerprint density at radius 1 is 0.722 bits per heavy atom. The summed E-state index contributed by atoms with van der Waals surface area (Å²) in [6, 6.07) is 15.4. The predicted octanol–water partition coefficient (Wildman–Crippen LogP) is 10.6. The molecule has 0 aliphatic heterocycles. The van der Waals surface area contributed by atoms with Crippen molar-refractivity contribution in [1.82, 2.24) is 0 Å². The predicted molar refractivity (Wildman–Crippen MR) is 158 cm³/mol. The summed E-state index contributed by atoms with van der Waals surface area (Å²) < 4.78 is 0. The van der Waals surface area contributed by atoms with E-state index in [-0.39, 0.29) is 16.5 Å². The molecular formula is C33H48N2Ni. The Balaban J connectivity index is 0.00000648. The molecule has 0 N–H and O–H groups in total. The van der Waals surface area contributed by atoms with Crippen molar-refractivity contribution in [2.75, 3.05) is 0 Å². The summed E-state index contributed by atoms with van der Waals surface area (Å²) in [6.07, 6.45) is 18.5. The number of nitrogens with zero attached hydrogens (tertiary/aromatic N) is 2. The molecule has 0 aromatic heterocycles. The van der Waals surface area contributed by atoms with Gasteiger partial charge in [-0.05, 0) is 92.8 Å². The fraction of sp³-hybridized carbons (Fsp3) is 0.515. The Morgan fingerprint density at radius 2 is 1.42 bits per heavy atom. The van der Waals surface area contributed by atoms with Crippen molar-refractivity contribution < 1.29 is 16.5 Å². The third-order valence-corrected chi connectivity index (χ3v) is 6.42. The van der Waals surface area contributed by atoms with E-state index in [2.05, 4.69) is 89.2 Å². The van der Waals surface area contributed by atoms with E-state index >= 15 is 0 Å². The molecular weight excluding hydrogens is 483 g/mol. The van der Waals surface area contributed by atoms with Crippen LogP contribution in [0.3, 0.4) is 0 Å². The standard InChI is InChI=1S/C33H48N2.Ni/c1-6-10-14-17-28-18-16-21-31(25-28)35-33(22-15-11-7-2)27(5)34-32-24-23-29(19-12-8-3)30(26-32)20-13-9-4;/h14,16-18,21,23-26H,6-13,15,19-20,22H2,1-5H3;. The second-order valence-electron chi connectivity index (χ2n) is 9.66. The van der Waals surface area contributed by atoms with E-state index in [1.807, 2.05) is 0 Å². The van der Waals surface area contributed by atoms with E-state index in [0.717, 1.165) is 48.5 Å². The smallest absolute Gasteiger partial charge is 0.0639 e. The summed E-state index contributed by atoms with van der Waals surface area (Å²) in [5.74, 6) is 0. The molecule has 36 heavy (non-hydrogen) atoms. The van der Waals surface area contributed by atoms with Crippen molar-refractivity contribution in [2.45, 2.75) is 112 Å². The second kappa shape index (κ2) is 19.2. The Hall–Kier alpha value is -1.99. The van der Waals surface area contributed by atoms with Gasteiger partial charge in [-0.25, -0.2) is 0 Å². The van der Waals surface area contributed by atoms with Crippen LogP contribution in [0.15, 0.2) is 58.5 Å². The van der Waals surface area contributed by atoms with Gasteiger partial charge in [0.25, 0.3) is 0 Å². The van der Waals surface area contributed by atoms with Crippen LogP contribution in [0.1, 0.15) is 116 Å². The molecule has 2 aromatic rings. The zero-order chi connectivity index (χ0) is 25.3. The number of hydrogen-bond donors (Lipinski definition) is 0. The number of allylic oxidation sites excluding steroid dienone is 1. The van der Waals surface area contributed by atoms with Crippen molar-refractivity contribution >= 4 is 28.9 Å². The van der Waals surface area contributed by atoms with Crippen molar-refractivity contribution in [3.8, 4) is 0 Å². The number of aryl methyl sites for hydroxylation is 2. The number of rotatable bonds is 16. The number of aliphatic imine (C=N–C) groups is 2. The zero-order valence-corrected chi connectivity index (χ0v) is 24.4. The summed E-state index contributed by atoms with van der Waals surface area (Å²) in [4.78, 5) is 10.2. The topological polar surface area (TPSA) is 24.7 Å². The third-order valence-electron chi connectivity index (χ3n) is 6.42. The first kappa shape index (κ1) is 32.0. The van der Waals surface area contributed by atoms with Crippen LogP contribution in [-0.4, -0.2) is 11.4 Å². The first-order valence-corrected chi connectivity index (χ1v) is 14.1. The van der Waals surface area contributed by atoms with E-state index in [9.17, 15) is 0 Å². The molecule has 0 amide bonds. The molecule has 0 fully saturated rings. The van der Waals surface area contributed by atoms with Gasteiger partial charge in [0.2, 0.25) is 0 Å². The van der Waals surface area contributed by atoms with Crippen molar-refractivity contribution in [2.24, 2.45) is 9.98 Å². The average Bonchev–Trinajstić information content (AvgIpc) is 2.86. The van der Waals surface area contributed by atoms with Gasteiger partial charge < -0.3 is 0 Å². The van der Waals surface area contributed by atoms with Gasteiger partial charge in [0.1, 0.15) is 0 Å². The van der Waals surface area contributed by atoms with Crippen LogP contribution in [-0.2, 0) is 29.3 Å². The van der Waals surface area contributed by atoms with Gasteiger partial charge >= 0.3 is 0 Å². The summed E-state index contributed by atoms with van der Waals surface area (Å²) in [7, 11) is 0. The molecule has 0 saturated carbocycles. The molecule has 200 valence electrons. The van der Waals surface area contributed by atoms with Crippen molar-refractivity contribution in [1.29, 1.82) is 0 Å². The van der Waals surface area contributed by atoms with E-state index in [4.69, 9.17) is 9.98 Å². The quantitative estimate of drug-likeness (QED) is 0.117. The van der Waals surface area contributed by atoms with Crippen LogP contribution < -0.4 is 0 Å². The van der Waals surface area contributed by atoms with Gasteiger partial charge in [0.05, 0.1) is 22.8 Å². The van der Waals surface area contributed by atoms with Crippen LogP contribution in [0.5, 0.6) is 0 Å². The van der Waals surface area contributed by atoms with Gasteiger partial charge in [0.15, 0.2) is 0 Å². The molecule has 0 spiro atoms. The third kappa shape index (κ3) is 11.8. The number of hydrogen-bond acceptors (Lipinski definition) is 2. The molecule has 3 heteroatoms. The van der Waals surface area contributed by atoms with Crippen LogP contribution in [0.25, 0.3) is 6.08 Å². The molecule has 2 aromatic carbocycles. The van der Waals surface area contributed by atoms with Crippen LogP contribution in [0.2, 0.25) is 0 Å². The minimum Gasteiger partial charge on any atom is -0.252 e. The maximum atomic E-state index is 5.10. The van der Waals surface area contributed by atoms with Crippen LogP contribution in [0, 0.1) is 0 Å². The molecule has 0 saturated heterocycles. The molecule has 2 rings (SSSR count). The SMILES string of the molecule is CCCC=Cc1cccc(N=C(CCCCC)C(C)=Nc2ccc(CCCC)c(CCCC)c2)c1.[Ni]. The molecule has 0 atom stereocenters. The Bertz CT molecular complexity index is 971. The minimum absolute atomic E-state index is 0. The van der Waals surface area contributed by atoms with E-state index in [1.165, 1.54) is 68.1 Å². The van der Waals surface area contributed by atoms with Gasteiger partial charge in [-0.15, -0.1) is 0 Å². The summed E-state index contributed by atoms with van der Waals surface area (Å²) >= 11 is 0. The monoisotopic (exact) mass is 530 g/mol. The van der Waals surface area contributed by atoms with Crippen LogP contribution >= 0.6 is 0 Å². The molecule has 0 heterocycles. The Morgan fingerprint density at radius 3 is 2.11 bits per heavy atom. The average molecular weight is 531 g/mol. The Labute approximate surface area is 231 Å². The van der Waals surface area contributed by atoms with E-state index in [0.29, 0.717) is 0 Å². The normalized spacial score (nSPS) is 12.2. The molecule has 2 nitrogen and oxygen atoms in total. The van der Waals surface area contributed by atoms with Crippen molar-refractivity contribution in [3.63, 3.8) is 0 Å². The first-order valence-electron chi connectivity index (χ1n) is 14.1. The Kier molecular flexibility index (Phi) is 17.1. The first-order chi connectivity index (χ1) is 17.1. The summed E-state index contributed by atoms with van der Waals surface area (Å²) in [5, 5.41) is 0. The summed E-state index contributed by atoms with van der Waals surface area (Å²) in [6.45, 7) is 11.1. The maximum Gasteiger partial charge on any atom is 0.0639 e. The largest absolute Gasteiger partial charge is 0.252 e. The minimum atomic E-state index is 0.